The summed E-state index contributed by atoms with van der Waals surface area (Å²) in [5, 5.41) is 25.0. The molecular formula is C12H18N2O4S3. The molecule has 1 aromatic heterocycles. The second-order valence-corrected chi connectivity index (χ2v) is 8.83. The first-order chi connectivity index (χ1) is 9.72. The topological polar surface area (TPSA) is 100 Å². The van der Waals surface area contributed by atoms with Crippen LogP contribution in [-0.2, 0) is 9.59 Å². The van der Waals surface area contributed by atoms with E-state index >= 15 is 0 Å². The van der Waals surface area contributed by atoms with Gasteiger partial charge in [0.15, 0.2) is 8.68 Å². The lowest BCUT2D eigenvalue weighted by Gasteiger charge is -2.13. The molecule has 118 valence electrons. The van der Waals surface area contributed by atoms with Gasteiger partial charge in [-0.05, 0) is 11.8 Å². The molecule has 1 heterocycles. The lowest BCUT2D eigenvalue weighted by Crippen LogP contribution is -2.22. The van der Waals surface area contributed by atoms with Crippen LogP contribution in [0.5, 0.6) is 0 Å². The zero-order valence-electron chi connectivity index (χ0n) is 12.1. The van der Waals surface area contributed by atoms with Crippen LogP contribution in [-0.4, -0.2) is 42.8 Å². The van der Waals surface area contributed by atoms with E-state index in [-0.39, 0.29) is 11.8 Å². The largest absolute Gasteiger partial charge is 0.480 e. The first-order valence-corrected chi connectivity index (χ1v) is 8.92. The Hall–Kier alpha value is -0.800. The summed E-state index contributed by atoms with van der Waals surface area (Å²) in [6, 6.07) is 0. The number of thioether (sulfide) groups is 2. The maximum atomic E-state index is 11.2. The van der Waals surface area contributed by atoms with Gasteiger partial charge in [-0.3, -0.25) is 9.59 Å². The summed E-state index contributed by atoms with van der Waals surface area (Å²) in [5.74, 6) is -1.83. The van der Waals surface area contributed by atoms with Crippen molar-refractivity contribution in [2.75, 3.05) is 0 Å². The number of carboxylic acid groups (broad SMARTS) is 2. The van der Waals surface area contributed by atoms with E-state index in [1.165, 1.54) is 11.3 Å². The summed E-state index contributed by atoms with van der Waals surface area (Å²) >= 11 is 3.54. The van der Waals surface area contributed by atoms with Crippen LogP contribution in [0.1, 0.15) is 27.7 Å². The molecule has 0 aromatic carbocycles. The van der Waals surface area contributed by atoms with Gasteiger partial charge in [0.25, 0.3) is 0 Å². The smallest absolute Gasteiger partial charge is 0.317 e. The molecule has 9 heteroatoms. The van der Waals surface area contributed by atoms with E-state index in [9.17, 15) is 9.59 Å². The van der Waals surface area contributed by atoms with Crippen LogP contribution in [0.15, 0.2) is 8.68 Å². The van der Waals surface area contributed by atoms with Crippen LogP contribution in [0.2, 0.25) is 0 Å². The lowest BCUT2D eigenvalue weighted by atomic mass is 10.1. The van der Waals surface area contributed by atoms with E-state index in [2.05, 4.69) is 10.2 Å². The molecule has 0 aliphatic heterocycles. The molecular weight excluding hydrogens is 332 g/mol. The van der Waals surface area contributed by atoms with Crippen molar-refractivity contribution in [3.63, 3.8) is 0 Å². The Morgan fingerprint density at radius 1 is 0.905 bits per heavy atom. The first-order valence-electron chi connectivity index (χ1n) is 6.34. The van der Waals surface area contributed by atoms with Gasteiger partial charge in [0.05, 0.1) is 0 Å². The van der Waals surface area contributed by atoms with Gasteiger partial charge in [-0.2, -0.15) is 0 Å². The molecule has 0 fully saturated rings. The Morgan fingerprint density at radius 2 is 1.24 bits per heavy atom. The SMILES string of the molecule is CC(C)C(Sc1nnc(SC(C(=O)O)C(C)C)s1)C(=O)O. The molecule has 0 aliphatic carbocycles. The van der Waals surface area contributed by atoms with E-state index in [0.29, 0.717) is 8.68 Å². The summed E-state index contributed by atoms with van der Waals surface area (Å²) in [7, 11) is 0. The zero-order chi connectivity index (χ0) is 16.2. The molecule has 0 spiro atoms. The molecule has 0 saturated heterocycles. The molecule has 0 amide bonds. The molecule has 1 aromatic rings. The first kappa shape index (κ1) is 18.2. The molecule has 6 nitrogen and oxygen atoms in total. The summed E-state index contributed by atoms with van der Waals surface area (Å²) < 4.78 is 1.10. The predicted molar refractivity (Wildman–Crippen MR) is 84.1 cm³/mol. The van der Waals surface area contributed by atoms with Crippen molar-refractivity contribution in [2.24, 2.45) is 11.8 Å². The van der Waals surface area contributed by atoms with Gasteiger partial charge >= 0.3 is 11.9 Å². The lowest BCUT2D eigenvalue weighted by molar-refractivity contribution is -0.138. The number of hydrogen-bond acceptors (Lipinski definition) is 7. The van der Waals surface area contributed by atoms with Crippen molar-refractivity contribution >= 4 is 46.8 Å². The van der Waals surface area contributed by atoms with Gasteiger partial charge in [-0.1, -0.05) is 62.6 Å². The summed E-state index contributed by atoms with van der Waals surface area (Å²) in [6.07, 6.45) is 0. The zero-order valence-corrected chi connectivity index (χ0v) is 14.6. The number of aromatic nitrogens is 2. The number of rotatable bonds is 8. The van der Waals surface area contributed by atoms with E-state index in [1.807, 2.05) is 27.7 Å². The fourth-order valence-electron chi connectivity index (χ4n) is 1.45. The fourth-order valence-corrected chi connectivity index (χ4v) is 4.76. The van der Waals surface area contributed by atoms with E-state index < -0.39 is 22.4 Å². The average molecular weight is 350 g/mol. The van der Waals surface area contributed by atoms with Crippen LogP contribution in [0.3, 0.4) is 0 Å². The van der Waals surface area contributed by atoms with E-state index in [1.54, 1.807) is 0 Å². The number of carbonyl (C=O) groups is 2. The molecule has 0 radical (unpaired) electrons. The highest BCUT2D eigenvalue weighted by molar-refractivity contribution is 8.04. The Labute approximate surface area is 135 Å². The molecule has 21 heavy (non-hydrogen) atoms. The number of nitrogens with zero attached hydrogens (tertiary/aromatic N) is 2. The van der Waals surface area contributed by atoms with Crippen molar-refractivity contribution in [2.45, 2.75) is 46.9 Å². The minimum atomic E-state index is -0.884. The minimum Gasteiger partial charge on any atom is -0.480 e. The Kier molecular flexibility index (Phi) is 6.95. The van der Waals surface area contributed by atoms with Gasteiger partial charge in [0.2, 0.25) is 0 Å². The predicted octanol–water partition coefficient (Wildman–Crippen LogP) is 2.94. The van der Waals surface area contributed by atoms with Crippen LogP contribution in [0.25, 0.3) is 0 Å². The standard InChI is InChI=1S/C12H18N2O4S3/c1-5(2)7(9(15)16)19-11-13-14-12(21-11)20-8(6(3)4)10(17)18/h5-8H,1-4H3,(H,15,16)(H,17,18). The van der Waals surface area contributed by atoms with Crippen molar-refractivity contribution in [1.82, 2.24) is 10.2 Å². The van der Waals surface area contributed by atoms with Gasteiger partial charge in [-0.15, -0.1) is 10.2 Å². The van der Waals surface area contributed by atoms with Crippen LogP contribution >= 0.6 is 34.9 Å². The Morgan fingerprint density at radius 3 is 1.48 bits per heavy atom. The summed E-state index contributed by atoms with van der Waals surface area (Å²) in [6.45, 7) is 7.34. The number of carboxylic acids is 2. The summed E-state index contributed by atoms with van der Waals surface area (Å²) in [4.78, 5) is 22.3. The molecule has 0 saturated carbocycles. The molecule has 1 rings (SSSR count). The maximum absolute atomic E-state index is 11.2. The highest BCUT2D eigenvalue weighted by Crippen LogP contribution is 2.36. The molecule has 2 atom stereocenters. The van der Waals surface area contributed by atoms with Crippen molar-refractivity contribution in [3.05, 3.63) is 0 Å². The van der Waals surface area contributed by atoms with Gasteiger partial charge < -0.3 is 10.2 Å². The van der Waals surface area contributed by atoms with Crippen molar-refractivity contribution < 1.29 is 19.8 Å². The quantitative estimate of drug-likeness (QED) is 0.690. The summed E-state index contributed by atoms with van der Waals surface area (Å²) in [5.41, 5.74) is 0. The van der Waals surface area contributed by atoms with E-state index in [4.69, 9.17) is 10.2 Å². The second kappa shape index (κ2) is 8.00. The van der Waals surface area contributed by atoms with Crippen molar-refractivity contribution in [3.8, 4) is 0 Å². The Balaban J connectivity index is 2.77. The molecule has 0 bridgehead atoms. The second-order valence-electron chi connectivity index (χ2n) is 5.08. The monoisotopic (exact) mass is 350 g/mol. The number of aliphatic carboxylic acids is 2. The molecule has 2 unspecified atom stereocenters. The van der Waals surface area contributed by atoms with Crippen molar-refractivity contribution in [1.29, 1.82) is 0 Å². The maximum Gasteiger partial charge on any atom is 0.317 e. The fraction of sp³-hybridized carbons (Fsp3) is 0.667. The average Bonchev–Trinajstić information content (AvgIpc) is 2.79. The molecule has 0 aliphatic rings. The minimum absolute atomic E-state index is 0.0325. The molecule has 2 N–H and O–H groups in total. The Bertz CT molecular complexity index is 462. The highest BCUT2D eigenvalue weighted by atomic mass is 32.2. The third-order valence-electron chi connectivity index (χ3n) is 2.54. The normalized spacial score (nSPS) is 14.4. The van der Waals surface area contributed by atoms with Crippen LogP contribution < -0.4 is 0 Å². The van der Waals surface area contributed by atoms with Gasteiger partial charge in [-0.25, -0.2) is 0 Å². The van der Waals surface area contributed by atoms with E-state index in [0.717, 1.165) is 23.5 Å². The van der Waals surface area contributed by atoms with Crippen LogP contribution in [0, 0.1) is 11.8 Å². The van der Waals surface area contributed by atoms with Crippen LogP contribution in [0.4, 0.5) is 0 Å². The number of hydrogen-bond donors (Lipinski definition) is 2. The third-order valence-corrected chi connectivity index (χ3v) is 6.70. The third kappa shape index (κ3) is 5.48. The highest BCUT2D eigenvalue weighted by Gasteiger charge is 2.27. The van der Waals surface area contributed by atoms with Gasteiger partial charge in [0, 0.05) is 0 Å². The van der Waals surface area contributed by atoms with Gasteiger partial charge in [0.1, 0.15) is 10.5 Å².